The Morgan fingerprint density at radius 1 is 0.886 bits per heavy atom. The van der Waals surface area contributed by atoms with Crippen LogP contribution in [0, 0.1) is 13.8 Å². The van der Waals surface area contributed by atoms with Crippen LogP contribution in [0.3, 0.4) is 0 Å². The van der Waals surface area contributed by atoms with Gasteiger partial charge in [0.1, 0.15) is 11.5 Å². The van der Waals surface area contributed by atoms with E-state index in [1.54, 1.807) is 48.5 Å². The monoisotopic (exact) mass is 474 g/mol. The number of carbonyl (C=O) groups excluding carboxylic acids is 3. The van der Waals surface area contributed by atoms with Gasteiger partial charge in [-0.3, -0.25) is 14.4 Å². The summed E-state index contributed by atoms with van der Waals surface area (Å²) in [4.78, 5) is 36.1. The Bertz CT molecular complexity index is 1240. The van der Waals surface area contributed by atoms with Crippen molar-refractivity contribution in [1.29, 1.82) is 0 Å². The molecule has 35 heavy (non-hydrogen) atoms. The molecule has 0 saturated heterocycles. The average molecular weight is 475 g/mol. The molecule has 9 nitrogen and oxygen atoms in total. The van der Waals surface area contributed by atoms with E-state index in [9.17, 15) is 14.4 Å². The molecule has 3 amide bonds. The highest BCUT2D eigenvalue weighted by atomic mass is 16.5. The van der Waals surface area contributed by atoms with Gasteiger partial charge in [0.15, 0.2) is 6.61 Å². The molecule has 0 radical (unpaired) electrons. The third kappa shape index (κ3) is 7.43. The fraction of sp³-hybridized carbons (Fsp3) is 0.154. The van der Waals surface area contributed by atoms with Crippen LogP contribution >= 0.6 is 0 Å². The fourth-order valence-corrected chi connectivity index (χ4v) is 2.98. The Hall–Kier alpha value is -4.66. The maximum atomic E-state index is 12.2. The molecule has 0 unspecified atom stereocenters. The largest absolute Gasteiger partial charge is 0.497 e. The molecule has 3 N–H and O–H groups in total. The van der Waals surface area contributed by atoms with Crippen LogP contribution in [0.25, 0.3) is 0 Å². The van der Waals surface area contributed by atoms with Crippen molar-refractivity contribution in [2.45, 2.75) is 13.8 Å². The second-order valence-corrected chi connectivity index (χ2v) is 7.54. The lowest BCUT2D eigenvalue weighted by molar-refractivity contribution is -0.136. The standard InChI is InChI=1S/C26H26N4O5/c1-17-6-4-9-23(18(17)2)29-24(31)16-35-21-12-10-19(11-13-21)15-27-30-26(33)25(32)28-20-7-5-8-22(14-20)34-3/h4-15H,16H2,1-3H3,(H,28,32)(H,29,31)(H,30,33). The Kier molecular flexibility index (Phi) is 8.55. The number of carbonyl (C=O) groups is 3. The zero-order valence-corrected chi connectivity index (χ0v) is 19.6. The topological polar surface area (TPSA) is 118 Å². The highest BCUT2D eigenvalue weighted by Crippen LogP contribution is 2.18. The molecule has 0 aromatic heterocycles. The van der Waals surface area contributed by atoms with Crippen LogP contribution in [0.1, 0.15) is 16.7 Å². The first-order valence-electron chi connectivity index (χ1n) is 10.7. The van der Waals surface area contributed by atoms with Crippen LogP contribution in [-0.4, -0.2) is 37.7 Å². The first kappa shape index (κ1) is 25.0. The number of ether oxygens (including phenoxy) is 2. The smallest absolute Gasteiger partial charge is 0.329 e. The summed E-state index contributed by atoms with van der Waals surface area (Å²) in [6.07, 6.45) is 1.38. The summed E-state index contributed by atoms with van der Waals surface area (Å²) in [5.41, 5.74) is 6.11. The zero-order chi connectivity index (χ0) is 25.2. The van der Waals surface area contributed by atoms with Crippen molar-refractivity contribution in [2.75, 3.05) is 24.4 Å². The molecule has 3 aromatic carbocycles. The summed E-state index contributed by atoms with van der Waals surface area (Å²) in [7, 11) is 1.51. The molecule has 9 heteroatoms. The number of nitrogens with zero attached hydrogens (tertiary/aromatic N) is 1. The lowest BCUT2D eigenvalue weighted by Gasteiger charge is -2.11. The van der Waals surface area contributed by atoms with Crippen LogP contribution in [0.2, 0.25) is 0 Å². The number of methoxy groups -OCH3 is 1. The van der Waals surface area contributed by atoms with Crippen LogP contribution in [0.15, 0.2) is 71.8 Å². The Morgan fingerprint density at radius 3 is 2.37 bits per heavy atom. The molecule has 0 atom stereocenters. The van der Waals surface area contributed by atoms with Gasteiger partial charge in [-0.2, -0.15) is 5.10 Å². The third-order valence-corrected chi connectivity index (χ3v) is 5.04. The molecule has 0 fully saturated rings. The summed E-state index contributed by atoms with van der Waals surface area (Å²) >= 11 is 0. The lowest BCUT2D eigenvalue weighted by atomic mass is 10.1. The van der Waals surface area contributed by atoms with Gasteiger partial charge in [-0.15, -0.1) is 0 Å². The number of anilines is 2. The van der Waals surface area contributed by atoms with Crippen molar-refractivity contribution in [1.82, 2.24) is 5.43 Å². The lowest BCUT2D eigenvalue weighted by Crippen LogP contribution is -2.32. The average Bonchev–Trinajstić information content (AvgIpc) is 2.86. The Labute approximate surface area is 203 Å². The SMILES string of the molecule is COc1cccc(NC(=O)C(=O)NN=Cc2ccc(OCC(=O)Nc3cccc(C)c3C)cc2)c1. The Morgan fingerprint density at radius 2 is 1.63 bits per heavy atom. The second-order valence-electron chi connectivity index (χ2n) is 7.54. The minimum Gasteiger partial charge on any atom is -0.497 e. The van der Waals surface area contributed by atoms with Crippen molar-refractivity contribution < 1.29 is 23.9 Å². The first-order valence-corrected chi connectivity index (χ1v) is 10.7. The van der Waals surface area contributed by atoms with Crippen molar-refractivity contribution >= 4 is 35.3 Å². The summed E-state index contributed by atoms with van der Waals surface area (Å²) < 4.78 is 10.6. The Balaban J connectivity index is 1.44. The number of amides is 3. The van der Waals surface area contributed by atoms with E-state index < -0.39 is 11.8 Å². The molecule has 0 aliphatic rings. The molecular formula is C26H26N4O5. The number of rotatable bonds is 8. The third-order valence-electron chi connectivity index (χ3n) is 5.04. The van der Waals surface area contributed by atoms with E-state index >= 15 is 0 Å². The minimum atomic E-state index is -0.918. The summed E-state index contributed by atoms with van der Waals surface area (Å²) in [5, 5.41) is 9.09. The molecule has 3 aromatic rings. The molecule has 0 bridgehead atoms. The zero-order valence-electron chi connectivity index (χ0n) is 19.6. The van der Waals surface area contributed by atoms with Gasteiger partial charge in [0.25, 0.3) is 5.91 Å². The molecule has 0 saturated carbocycles. The van der Waals surface area contributed by atoms with Crippen LogP contribution < -0.4 is 25.5 Å². The maximum absolute atomic E-state index is 12.2. The van der Waals surface area contributed by atoms with Crippen LogP contribution in [0.4, 0.5) is 11.4 Å². The minimum absolute atomic E-state index is 0.140. The van der Waals surface area contributed by atoms with Gasteiger partial charge < -0.3 is 20.1 Å². The summed E-state index contributed by atoms with van der Waals surface area (Å²) in [6.45, 7) is 3.79. The van der Waals surface area contributed by atoms with Gasteiger partial charge >= 0.3 is 11.8 Å². The summed E-state index contributed by atoms with van der Waals surface area (Å²) in [5.74, 6) is -0.993. The number of aryl methyl sites for hydroxylation is 1. The maximum Gasteiger partial charge on any atom is 0.329 e. The van der Waals surface area contributed by atoms with Gasteiger partial charge in [0, 0.05) is 17.4 Å². The van der Waals surface area contributed by atoms with Gasteiger partial charge in [-0.1, -0.05) is 18.2 Å². The number of hydrogen-bond acceptors (Lipinski definition) is 6. The molecule has 0 aliphatic heterocycles. The predicted octanol–water partition coefficient (Wildman–Crippen LogP) is 3.42. The van der Waals surface area contributed by atoms with Gasteiger partial charge in [0.05, 0.1) is 13.3 Å². The highest BCUT2D eigenvalue weighted by molar-refractivity contribution is 6.39. The van der Waals surface area contributed by atoms with Crippen LogP contribution in [-0.2, 0) is 14.4 Å². The van der Waals surface area contributed by atoms with E-state index in [2.05, 4.69) is 21.2 Å². The second kappa shape index (κ2) is 12.0. The predicted molar refractivity (Wildman–Crippen MR) is 134 cm³/mol. The van der Waals surface area contributed by atoms with Gasteiger partial charge in [0.2, 0.25) is 0 Å². The van der Waals surface area contributed by atoms with Crippen molar-refractivity contribution in [2.24, 2.45) is 5.10 Å². The van der Waals surface area contributed by atoms with Crippen molar-refractivity contribution in [3.05, 3.63) is 83.4 Å². The van der Waals surface area contributed by atoms with E-state index in [4.69, 9.17) is 9.47 Å². The number of hydrogen-bond donors (Lipinski definition) is 3. The van der Waals surface area contributed by atoms with Crippen molar-refractivity contribution in [3.63, 3.8) is 0 Å². The molecule has 180 valence electrons. The van der Waals surface area contributed by atoms with E-state index in [-0.39, 0.29) is 12.5 Å². The first-order chi connectivity index (χ1) is 16.9. The highest BCUT2D eigenvalue weighted by Gasteiger charge is 2.13. The van der Waals surface area contributed by atoms with E-state index in [0.29, 0.717) is 22.7 Å². The fourth-order valence-electron chi connectivity index (χ4n) is 2.98. The molecule has 3 rings (SSSR count). The van der Waals surface area contributed by atoms with E-state index in [0.717, 1.165) is 16.8 Å². The number of hydrazone groups is 1. The van der Waals surface area contributed by atoms with E-state index in [1.807, 2.05) is 32.0 Å². The number of benzene rings is 3. The number of nitrogens with one attached hydrogen (secondary N) is 3. The quantitative estimate of drug-likeness (QED) is 0.263. The molecular weight excluding hydrogens is 448 g/mol. The normalized spacial score (nSPS) is 10.5. The van der Waals surface area contributed by atoms with Crippen molar-refractivity contribution in [3.8, 4) is 11.5 Å². The molecule has 0 heterocycles. The van der Waals surface area contributed by atoms with E-state index in [1.165, 1.54) is 13.3 Å². The van der Waals surface area contributed by atoms with Gasteiger partial charge in [-0.25, -0.2) is 5.43 Å². The van der Waals surface area contributed by atoms with Crippen LogP contribution in [0.5, 0.6) is 11.5 Å². The molecule has 0 spiro atoms. The van der Waals surface area contributed by atoms with Gasteiger partial charge in [-0.05, 0) is 73.0 Å². The molecule has 0 aliphatic carbocycles. The summed E-state index contributed by atoms with van der Waals surface area (Å²) in [6, 6.07) is 19.1.